The van der Waals surface area contributed by atoms with E-state index in [1.54, 1.807) is 0 Å². The number of amides is 3. The highest BCUT2D eigenvalue weighted by molar-refractivity contribution is 5.90. The lowest BCUT2D eigenvalue weighted by Gasteiger charge is -2.34. The van der Waals surface area contributed by atoms with Crippen LogP contribution in [0.2, 0.25) is 0 Å². The summed E-state index contributed by atoms with van der Waals surface area (Å²) in [5.41, 5.74) is 0.821. The first kappa shape index (κ1) is 35.8. The van der Waals surface area contributed by atoms with Crippen molar-refractivity contribution in [3.8, 4) is 0 Å². The van der Waals surface area contributed by atoms with Crippen molar-refractivity contribution in [3.05, 3.63) is 35.9 Å². The second-order valence-electron chi connectivity index (χ2n) is 13.4. The molecule has 0 aromatic heterocycles. The highest BCUT2D eigenvalue weighted by atomic mass is 16.6. The van der Waals surface area contributed by atoms with Crippen LogP contribution in [0.1, 0.15) is 84.6 Å². The summed E-state index contributed by atoms with van der Waals surface area (Å²) in [6.07, 6.45) is 3.14. The lowest BCUT2D eigenvalue weighted by Crippen LogP contribution is -2.57. The van der Waals surface area contributed by atoms with Gasteiger partial charge in [-0.3, -0.25) is 9.59 Å². The van der Waals surface area contributed by atoms with Gasteiger partial charge in [0.1, 0.15) is 12.1 Å². The number of carbonyl (C=O) groups excluding carboxylic acids is 3. The summed E-state index contributed by atoms with van der Waals surface area (Å²) >= 11 is 0. The molecule has 1 aromatic rings. The minimum absolute atomic E-state index is 0.0720. The predicted octanol–water partition coefficient (Wildman–Crippen LogP) is 3.82. The smallest absolute Gasteiger partial charge is 0.410 e. The van der Waals surface area contributed by atoms with Crippen molar-refractivity contribution in [2.24, 2.45) is 17.8 Å². The van der Waals surface area contributed by atoms with Gasteiger partial charge in [0.25, 0.3) is 5.91 Å². The fraction of sp³-hybridized carbons (Fsp3) is 0.735. The number of carbonyl (C=O) groups is 3. The summed E-state index contributed by atoms with van der Waals surface area (Å²) in [5, 5.41) is 27.9. The second-order valence-corrected chi connectivity index (χ2v) is 13.4. The van der Waals surface area contributed by atoms with Crippen LogP contribution in [0.4, 0.5) is 4.79 Å². The van der Waals surface area contributed by atoms with Gasteiger partial charge in [-0.1, -0.05) is 90.1 Å². The molecule has 0 bridgehead atoms. The van der Waals surface area contributed by atoms with Crippen LogP contribution in [0.3, 0.4) is 0 Å². The molecule has 1 saturated heterocycles. The van der Waals surface area contributed by atoms with E-state index in [2.05, 4.69) is 10.6 Å². The van der Waals surface area contributed by atoms with E-state index in [-0.39, 0.29) is 18.3 Å². The molecule has 1 aliphatic carbocycles. The van der Waals surface area contributed by atoms with Gasteiger partial charge in [0.05, 0.1) is 25.4 Å². The summed E-state index contributed by atoms with van der Waals surface area (Å²) in [6, 6.07) is 7.75. The molecular formula is C34H55N3O7. The van der Waals surface area contributed by atoms with Crippen LogP contribution in [0, 0.1) is 17.8 Å². The molecule has 2 aliphatic rings. The molecule has 10 nitrogen and oxygen atoms in total. The third kappa shape index (κ3) is 12.0. The van der Waals surface area contributed by atoms with Gasteiger partial charge >= 0.3 is 6.09 Å². The number of nitrogens with one attached hydrogen (secondary N) is 2. The minimum Gasteiger partial charge on any atom is -0.436 e. The van der Waals surface area contributed by atoms with E-state index in [4.69, 9.17) is 9.47 Å². The molecule has 248 valence electrons. The Morgan fingerprint density at radius 3 is 2.16 bits per heavy atom. The van der Waals surface area contributed by atoms with Crippen LogP contribution in [0.15, 0.2) is 30.3 Å². The molecule has 1 aliphatic heterocycles. The van der Waals surface area contributed by atoms with Crippen LogP contribution < -0.4 is 10.6 Å². The summed E-state index contributed by atoms with van der Waals surface area (Å²) in [4.78, 5) is 42.1. The number of benzene rings is 1. The van der Waals surface area contributed by atoms with Crippen molar-refractivity contribution in [3.63, 3.8) is 0 Å². The van der Waals surface area contributed by atoms with Crippen LogP contribution in [0.25, 0.3) is 0 Å². The highest BCUT2D eigenvalue weighted by Gasteiger charge is 2.35. The van der Waals surface area contributed by atoms with Gasteiger partial charge in [-0.05, 0) is 42.6 Å². The first-order chi connectivity index (χ1) is 21.0. The SMILES string of the molecule is CC(C)C[C@H](NC(=O)[C@H](Cc1ccccc1)OC(=O)N1CCOCC1)C(=O)N[C@@H](CC1CCCCC1)[C@@H](O)[C@@H](O)CC(C)C. The zero-order chi connectivity index (χ0) is 32.1. The van der Waals surface area contributed by atoms with Crippen molar-refractivity contribution in [1.82, 2.24) is 15.5 Å². The van der Waals surface area contributed by atoms with E-state index in [1.165, 1.54) is 11.3 Å². The van der Waals surface area contributed by atoms with E-state index < -0.39 is 48.3 Å². The maximum atomic E-state index is 13.8. The number of morpholine rings is 1. The number of ether oxygens (including phenoxy) is 2. The Bertz CT molecular complexity index is 1010. The molecule has 0 unspecified atom stereocenters. The molecule has 5 atom stereocenters. The number of hydrogen-bond acceptors (Lipinski definition) is 7. The van der Waals surface area contributed by atoms with Gasteiger partial charge in [0, 0.05) is 19.5 Å². The first-order valence-corrected chi connectivity index (χ1v) is 16.6. The van der Waals surface area contributed by atoms with E-state index >= 15 is 0 Å². The Labute approximate surface area is 263 Å². The maximum absolute atomic E-state index is 13.8. The monoisotopic (exact) mass is 617 g/mol. The molecule has 0 radical (unpaired) electrons. The molecule has 2 fully saturated rings. The third-order valence-corrected chi connectivity index (χ3v) is 8.57. The van der Waals surface area contributed by atoms with Gasteiger partial charge < -0.3 is 35.2 Å². The predicted molar refractivity (Wildman–Crippen MR) is 169 cm³/mol. The second kappa shape index (κ2) is 18.3. The zero-order valence-electron chi connectivity index (χ0n) is 27.1. The molecule has 0 spiro atoms. The van der Waals surface area contributed by atoms with Crippen molar-refractivity contribution in [2.45, 2.75) is 116 Å². The number of nitrogens with zero attached hydrogens (tertiary/aromatic N) is 1. The van der Waals surface area contributed by atoms with Gasteiger partial charge in [-0.25, -0.2) is 4.79 Å². The molecule has 10 heteroatoms. The van der Waals surface area contributed by atoms with Crippen LogP contribution in [0.5, 0.6) is 0 Å². The molecule has 1 saturated carbocycles. The Morgan fingerprint density at radius 2 is 1.55 bits per heavy atom. The Hall–Kier alpha value is -2.69. The summed E-state index contributed by atoms with van der Waals surface area (Å²) in [6.45, 7) is 9.46. The average molecular weight is 618 g/mol. The van der Waals surface area contributed by atoms with E-state index in [0.717, 1.165) is 31.2 Å². The summed E-state index contributed by atoms with van der Waals surface area (Å²) in [7, 11) is 0. The van der Waals surface area contributed by atoms with Crippen molar-refractivity contribution in [2.75, 3.05) is 26.3 Å². The number of rotatable bonds is 15. The van der Waals surface area contributed by atoms with E-state index in [1.807, 2.05) is 58.0 Å². The lowest BCUT2D eigenvalue weighted by atomic mass is 9.82. The Morgan fingerprint density at radius 1 is 0.909 bits per heavy atom. The van der Waals surface area contributed by atoms with Gasteiger partial charge in [-0.2, -0.15) is 0 Å². The fourth-order valence-electron chi connectivity index (χ4n) is 6.17. The van der Waals surface area contributed by atoms with Gasteiger partial charge in [0.2, 0.25) is 5.91 Å². The van der Waals surface area contributed by atoms with Crippen molar-refractivity contribution >= 4 is 17.9 Å². The van der Waals surface area contributed by atoms with Crippen LogP contribution in [-0.4, -0.2) is 89.7 Å². The van der Waals surface area contributed by atoms with E-state index in [0.29, 0.717) is 51.5 Å². The van der Waals surface area contributed by atoms with Crippen molar-refractivity contribution in [1.29, 1.82) is 0 Å². The number of aliphatic hydroxyl groups excluding tert-OH is 2. The fourth-order valence-corrected chi connectivity index (χ4v) is 6.17. The normalized spacial score (nSPS) is 19.6. The Kier molecular flexibility index (Phi) is 14.9. The molecule has 3 amide bonds. The molecular weight excluding hydrogens is 562 g/mol. The standard InChI is InChI=1S/C34H55N3O7/c1-23(2)19-28(32(40)35-27(21-25-11-7-5-8-12-25)31(39)29(38)20-24(3)4)36-33(41)30(22-26-13-9-6-10-14-26)44-34(42)37-15-17-43-18-16-37/h6,9-10,13-14,23-25,27-31,38-39H,5,7-8,11-12,15-22H2,1-4H3,(H,35,40)(H,36,41)/t27-,28-,29-,30-,31+/m0/s1. The topological polar surface area (TPSA) is 137 Å². The summed E-state index contributed by atoms with van der Waals surface area (Å²) < 4.78 is 11.1. The molecule has 1 aromatic carbocycles. The lowest BCUT2D eigenvalue weighted by molar-refractivity contribution is -0.135. The van der Waals surface area contributed by atoms with Gasteiger partial charge in [0.15, 0.2) is 6.10 Å². The minimum atomic E-state index is -1.15. The Balaban J connectivity index is 1.77. The third-order valence-electron chi connectivity index (χ3n) is 8.57. The molecule has 44 heavy (non-hydrogen) atoms. The quantitative estimate of drug-likeness (QED) is 0.235. The van der Waals surface area contributed by atoms with Gasteiger partial charge in [-0.15, -0.1) is 0 Å². The highest BCUT2D eigenvalue weighted by Crippen LogP contribution is 2.29. The number of aliphatic hydroxyl groups is 2. The largest absolute Gasteiger partial charge is 0.436 e. The maximum Gasteiger partial charge on any atom is 0.410 e. The molecule has 3 rings (SSSR count). The molecule has 1 heterocycles. The molecule has 4 N–H and O–H groups in total. The van der Waals surface area contributed by atoms with Crippen LogP contribution in [-0.2, 0) is 25.5 Å². The number of hydrogen-bond donors (Lipinski definition) is 4. The average Bonchev–Trinajstić information content (AvgIpc) is 3.00. The zero-order valence-corrected chi connectivity index (χ0v) is 27.1. The van der Waals surface area contributed by atoms with Crippen LogP contribution >= 0.6 is 0 Å². The summed E-state index contributed by atoms with van der Waals surface area (Å²) in [5.74, 6) is -0.367. The first-order valence-electron chi connectivity index (χ1n) is 16.6. The van der Waals surface area contributed by atoms with E-state index in [9.17, 15) is 24.6 Å². The van der Waals surface area contributed by atoms with Crippen molar-refractivity contribution < 1.29 is 34.1 Å².